The Balaban J connectivity index is 1.61. The Hall–Kier alpha value is -2.15. The first-order valence-electron chi connectivity index (χ1n) is 8.80. The van der Waals surface area contributed by atoms with Crippen LogP contribution in [0.4, 0.5) is 10.2 Å². The summed E-state index contributed by atoms with van der Waals surface area (Å²) in [5.41, 5.74) is 1.14. The molecule has 0 radical (unpaired) electrons. The van der Waals surface area contributed by atoms with Crippen molar-refractivity contribution in [2.45, 2.75) is 25.9 Å². The van der Waals surface area contributed by atoms with Crippen LogP contribution in [-0.4, -0.2) is 36.6 Å². The maximum Gasteiger partial charge on any atom is 0.191 e. The minimum absolute atomic E-state index is 0.205. The fraction of sp³-hybridized carbons (Fsp3) is 0.368. The summed E-state index contributed by atoms with van der Waals surface area (Å²) in [6, 6.07) is 11.4. The Morgan fingerprint density at radius 1 is 1.38 bits per heavy atom. The van der Waals surface area contributed by atoms with Crippen molar-refractivity contribution in [3.05, 3.63) is 58.4 Å². The molecule has 0 aliphatic carbocycles. The van der Waals surface area contributed by atoms with Crippen molar-refractivity contribution in [3.63, 3.8) is 0 Å². The number of nitrogens with one attached hydrogen (secondary N) is 2. The summed E-state index contributed by atoms with van der Waals surface area (Å²) in [4.78, 5) is 10.8. The number of benzene rings is 1. The SMILES string of the molecule is CCNC(=NCc1cccc(Br)c1)NC1CCN(c2ncccc2F)C1. The summed E-state index contributed by atoms with van der Waals surface area (Å²) in [5, 5.41) is 6.74. The van der Waals surface area contributed by atoms with Crippen LogP contribution in [0.15, 0.2) is 52.1 Å². The quantitative estimate of drug-likeness (QED) is 0.576. The van der Waals surface area contributed by atoms with Gasteiger partial charge in [-0.05, 0) is 43.2 Å². The van der Waals surface area contributed by atoms with Gasteiger partial charge in [0.2, 0.25) is 0 Å². The van der Waals surface area contributed by atoms with Gasteiger partial charge in [0.15, 0.2) is 17.6 Å². The number of hydrogen-bond donors (Lipinski definition) is 2. The smallest absolute Gasteiger partial charge is 0.191 e. The molecule has 2 heterocycles. The number of rotatable bonds is 5. The van der Waals surface area contributed by atoms with Gasteiger partial charge in [-0.3, -0.25) is 0 Å². The Morgan fingerprint density at radius 3 is 3.04 bits per heavy atom. The molecule has 0 spiro atoms. The molecule has 138 valence electrons. The number of aliphatic imine (C=N–C) groups is 1. The highest BCUT2D eigenvalue weighted by Gasteiger charge is 2.25. The molecule has 1 fully saturated rings. The fourth-order valence-electron chi connectivity index (χ4n) is 3.00. The van der Waals surface area contributed by atoms with Crippen molar-refractivity contribution < 1.29 is 4.39 Å². The van der Waals surface area contributed by atoms with E-state index in [1.807, 2.05) is 24.0 Å². The monoisotopic (exact) mass is 419 g/mol. The average molecular weight is 420 g/mol. The molecule has 2 N–H and O–H groups in total. The summed E-state index contributed by atoms with van der Waals surface area (Å²) in [6.07, 6.45) is 2.54. The zero-order valence-corrected chi connectivity index (χ0v) is 16.3. The van der Waals surface area contributed by atoms with Crippen molar-refractivity contribution in [2.75, 3.05) is 24.5 Å². The van der Waals surface area contributed by atoms with E-state index >= 15 is 0 Å². The molecule has 1 saturated heterocycles. The Labute approximate surface area is 161 Å². The molecule has 3 rings (SSSR count). The second-order valence-corrected chi connectivity index (χ2v) is 7.13. The first-order chi connectivity index (χ1) is 12.7. The molecule has 2 aromatic rings. The molecule has 1 aliphatic heterocycles. The molecule has 0 saturated carbocycles. The van der Waals surface area contributed by atoms with E-state index in [1.54, 1.807) is 12.3 Å². The molecule has 0 bridgehead atoms. The Kier molecular flexibility index (Phi) is 6.44. The maximum atomic E-state index is 13.9. The fourth-order valence-corrected chi connectivity index (χ4v) is 3.45. The third-order valence-corrected chi connectivity index (χ3v) is 4.71. The Bertz CT molecular complexity index is 767. The van der Waals surface area contributed by atoms with Gasteiger partial charge < -0.3 is 15.5 Å². The molecule has 1 aromatic heterocycles. The lowest BCUT2D eigenvalue weighted by molar-refractivity contribution is 0.612. The van der Waals surface area contributed by atoms with Gasteiger partial charge in [0.1, 0.15) is 0 Å². The Morgan fingerprint density at radius 2 is 2.27 bits per heavy atom. The third kappa shape index (κ3) is 4.94. The molecule has 5 nitrogen and oxygen atoms in total. The topological polar surface area (TPSA) is 52.6 Å². The largest absolute Gasteiger partial charge is 0.357 e. The van der Waals surface area contributed by atoms with E-state index in [0.29, 0.717) is 18.9 Å². The van der Waals surface area contributed by atoms with E-state index in [2.05, 4.69) is 48.7 Å². The van der Waals surface area contributed by atoms with Crippen molar-refractivity contribution in [1.82, 2.24) is 15.6 Å². The summed E-state index contributed by atoms with van der Waals surface area (Å²) in [6.45, 7) is 4.90. The molecule has 1 aliphatic rings. The number of guanidine groups is 1. The van der Waals surface area contributed by atoms with Crippen molar-refractivity contribution >= 4 is 27.7 Å². The standard InChI is InChI=1S/C19H23BrFN5/c1-2-22-19(24-12-14-5-3-6-15(20)11-14)25-16-8-10-26(13-16)18-17(21)7-4-9-23-18/h3-7,9,11,16H,2,8,10,12-13H2,1H3,(H2,22,24,25). The molecule has 7 heteroatoms. The molecular formula is C19H23BrFN5. The van der Waals surface area contributed by atoms with E-state index in [0.717, 1.165) is 35.5 Å². The lowest BCUT2D eigenvalue weighted by Gasteiger charge is -2.20. The predicted octanol–water partition coefficient (Wildman–Crippen LogP) is 3.32. The summed E-state index contributed by atoms with van der Waals surface area (Å²) < 4.78 is 15.0. The number of halogens is 2. The number of hydrogen-bond acceptors (Lipinski definition) is 3. The molecule has 1 unspecified atom stereocenters. The predicted molar refractivity (Wildman–Crippen MR) is 107 cm³/mol. The number of aromatic nitrogens is 1. The molecule has 1 atom stereocenters. The first-order valence-corrected chi connectivity index (χ1v) is 9.59. The van der Waals surface area contributed by atoms with Gasteiger partial charge in [-0.25, -0.2) is 14.4 Å². The molecule has 1 aromatic carbocycles. The average Bonchev–Trinajstić information content (AvgIpc) is 3.09. The van der Waals surface area contributed by atoms with Crippen LogP contribution in [0.3, 0.4) is 0 Å². The normalized spacial score (nSPS) is 17.4. The molecule has 0 amide bonds. The van der Waals surface area contributed by atoms with Gasteiger partial charge in [0.25, 0.3) is 0 Å². The van der Waals surface area contributed by atoms with Crippen molar-refractivity contribution in [1.29, 1.82) is 0 Å². The highest BCUT2D eigenvalue weighted by Crippen LogP contribution is 2.20. The van der Waals surface area contributed by atoms with E-state index in [9.17, 15) is 4.39 Å². The van der Waals surface area contributed by atoms with Crippen LogP contribution >= 0.6 is 15.9 Å². The third-order valence-electron chi connectivity index (χ3n) is 4.22. The highest BCUT2D eigenvalue weighted by atomic mass is 79.9. The van der Waals surface area contributed by atoms with Crippen LogP contribution in [0.5, 0.6) is 0 Å². The van der Waals surface area contributed by atoms with Crippen LogP contribution in [0.1, 0.15) is 18.9 Å². The second-order valence-electron chi connectivity index (χ2n) is 6.21. The van der Waals surface area contributed by atoms with Crippen LogP contribution in [0, 0.1) is 5.82 Å². The van der Waals surface area contributed by atoms with Gasteiger partial charge in [0, 0.05) is 36.3 Å². The minimum Gasteiger partial charge on any atom is -0.357 e. The van der Waals surface area contributed by atoms with E-state index in [1.165, 1.54) is 6.07 Å². The minimum atomic E-state index is -0.275. The summed E-state index contributed by atoms with van der Waals surface area (Å²) in [7, 11) is 0. The van der Waals surface area contributed by atoms with Crippen LogP contribution in [-0.2, 0) is 6.54 Å². The van der Waals surface area contributed by atoms with Crippen molar-refractivity contribution in [2.24, 2.45) is 4.99 Å². The molecule has 26 heavy (non-hydrogen) atoms. The van der Waals surface area contributed by atoms with Gasteiger partial charge in [0.05, 0.1) is 6.54 Å². The van der Waals surface area contributed by atoms with Crippen LogP contribution < -0.4 is 15.5 Å². The number of pyridine rings is 1. The van der Waals surface area contributed by atoms with Crippen molar-refractivity contribution in [3.8, 4) is 0 Å². The first kappa shape index (κ1) is 18.6. The lowest BCUT2D eigenvalue weighted by atomic mass is 10.2. The van der Waals surface area contributed by atoms with Gasteiger partial charge in [-0.1, -0.05) is 28.1 Å². The van der Waals surface area contributed by atoms with E-state index < -0.39 is 0 Å². The number of nitrogens with zero attached hydrogens (tertiary/aromatic N) is 3. The van der Waals surface area contributed by atoms with Crippen LogP contribution in [0.2, 0.25) is 0 Å². The zero-order valence-electron chi connectivity index (χ0n) is 14.8. The van der Waals surface area contributed by atoms with Gasteiger partial charge in [-0.2, -0.15) is 0 Å². The summed E-state index contributed by atoms with van der Waals surface area (Å²) in [5.74, 6) is 0.928. The highest BCUT2D eigenvalue weighted by molar-refractivity contribution is 9.10. The van der Waals surface area contributed by atoms with Crippen LogP contribution in [0.25, 0.3) is 0 Å². The zero-order chi connectivity index (χ0) is 18.4. The second kappa shape index (κ2) is 8.98. The van der Waals surface area contributed by atoms with Gasteiger partial charge >= 0.3 is 0 Å². The maximum absolute atomic E-state index is 13.9. The lowest BCUT2D eigenvalue weighted by Crippen LogP contribution is -2.44. The number of anilines is 1. The van der Waals surface area contributed by atoms with E-state index in [-0.39, 0.29) is 11.9 Å². The summed E-state index contributed by atoms with van der Waals surface area (Å²) >= 11 is 3.48. The molecular weight excluding hydrogens is 397 g/mol. The van der Waals surface area contributed by atoms with Gasteiger partial charge in [-0.15, -0.1) is 0 Å². The van der Waals surface area contributed by atoms with E-state index in [4.69, 9.17) is 0 Å².